The number of fused-ring (bicyclic) bond motifs is 1. The zero-order valence-corrected chi connectivity index (χ0v) is 14.5. The number of amides is 1. The minimum atomic E-state index is -0.750. The summed E-state index contributed by atoms with van der Waals surface area (Å²) in [6.07, 6.45) is 0.750. The molecule has 2 aromatic carbocycles. The summed E-state index contributed by atoms with van der Waals surface area (Å²) in [5, 5.41) is 11.0. The van der Waals surface area contributed by atoms with Crippen LogP contribution in [0.3, 0.4) is 0 Å². The maximum Gasteiger partial charge on any atom is 0.339 e. The highest BCUT2D eigenvalue weighted by molar-refractivity contribution is 5.99. The van der Waals surface area contributed by atoms with Gasteiger partial charge in [-0.15, -0.1) is 0 Å². The lowest BCUT2D eigenvalue weighted by atomic mass is 10.1. The van der Waals surface area contributed by atoms with Crippen LogP contribution in [0.25, 0.3) is 0 Å². The number of para-hydroxylation sites is 1. The third kappa shape index (κ3) is 3.15. The highest BCUT2D eigenvalue weighted by Gasteiger charge is 2.31. The van der Waals surface area contributed by atoms with E-state index in [0.717, 1.165) is 17.7 Å². The molecule has 26 heavy (non-hydrogen) atoms. The molecule has 1 aliphatic rings. The van der Waals surface area contributed by atoms with Crippen molar-refractivity contribution in [3.05, 3.63) is 69.3 Å². The number of carbonyl (C=O) groups excluding carboxylic acids is 2. The summed E-state index contributed by atoms with van der Waals surface area (Å²) in [7, 11) is 0. The van der Waals surface area contributed by atoms with Crippen LogP contribution in [0.2, 0.25) is 0 Å². The molecule has 0 saturated carbocycles. The molecule has 0 aromatic heterocycles. The summed E-state index contributed by atoms with van der Waals surface area (Å²) in [6, 6.07) is 11.8. The first-order valence-electron chi connectivity index (χ1n) is 8.21. The maximum atomic E-state index is 12.6. The predicted molar refractivity (Wildman–Crippen MR) is 95.2 cm³/mol. The molecule has 0 aliphatic carbocycles. The molecule has 0 spiro atoms. The zero-order chi connectivity index (χ0) is 18.8. The molecule has 7 nitrogen and oxygen atoms in total. The van der Waals surface area contributed by atoms with Gasteiger partial charge in [0.2, 0.25) is 0 Å². The molecule has 0 N–H and O–H groups in total. The Morgan fingerprint density at radius 2 is 1.96 bits per heavy atom. The lowest BCUT2D eigenvalue weighted by Crippen LogP contribution is -2.38. The van der Waals surface area contributed by atoms with E-state index in [0.29, 0.717) is 0 Å². The van der Waals surface area contributed by atoms with Crippen molar-refractivity contribution in [3.8, 4) is 0 Å². The Morgan fingerprint density at radius 1 is 1.23 bits per heavy atom. The number of nitro groups is 1. The van der Waals surface area contributed by atoms with Crippen molar-refractivity contribution in [3.63, 3.8) is 0 Å². The van der Waals surface area contributed by atoms with Crippen LogP contribution >= 0.6 is 0 Å². The maximum absolute atomic E-state index is 12.6. The summed E-state index contributed by atoms with van der Waals surface area (Å²) in [4.78, 5) is 36.9. The first kappa shape index (κ1) is 17.6. The number of benzene rings is 2. The molecule has 0 saturated heterocycles. The van der Waals surface area contributed by atoms with E-state index in [4.69, 9.17) is 4.74 Å². The molecule has 0 radical (unpaired) electrons. The molecular weight excluding hydrogens is 336 g/mol. The van der Waals surface area contributed by atoms with E-state index in [2.05, 4.69) is 0 Å². The Balaban J connectivity index is 1.72. The SMILES string of the molecule is Cc1c(C(=O)OCC(=O)N2c3ccccc3C[C@@H]2C)cccc1[N+](=O)[O-]. The fraction of sp³-hybridized carbons (Fsp3) is 0.263. The lowest BCUT2D eigenvalue weighted by molar-refractivity contribution is -0.385. The quantitative estimate of drug-likeness (QED) is 0.478. The molecule has 3 rings (SSSR count). The largest absolute Gasteiger partial charge is 0.452 e. The van der Waals surface area contributed by atoms with Crippen LogP contribution in [0.5, 0.6) is 0 Å². The van der Waals surface area contributed by atoms with Crippen molar-refractivity contribution in [1.29, 1.82) is 0 Å². The fourth-order valence-electron chi connectivity index (χ4n) is 3.26. The van der Waals surface area contributed by atoms with Crippen LogP contribution in [0.15, 0.2) is 42.5 Å². The molecule has 0 unspecified atom stereocenters. The molecule has 134 valence electrons. The second-order valence-corrected chi connectivity index (χ2v) is 6.23. The van der Waals surface area contributed by atoms with Crippen molar-refractivity contribution in [2.45, 2.75) is 26.3 Å². The smallest absolute Gasteiger partial charge is 0.339 e. The number of hydrogen-bond acceptors (Lipinski definition) is 5. The fourth-order valence-corrected chi connectivity index (χ4v) is 3.26. The number of anilines is 1. The highest BCUT2D eigenvalue weighted by atomic mass is 16.6. The Morgan fingerprint density at radius 3 is 2.69 bits per heavy atom. The molecule has 2 aromatic rings. The zero-order valence-electron chi connectivity index (χ0n) is 14.5. The van der Waals surface area contributed by atoms with E-state index in [9.17, 15) is 19.7 Å². The number of nitro benzene ring substituents is 1. The number of nitrogens with zero attached hydrogens (tertiary/aromatic N) is 2. The molecule has 1 amide bonds. The summed E-state index contributed by atoms with van der Waals surface area (Å²) < 4.78 is 5.13. The van der Waals surface area contributed by atoms with Gasteiger partial charge >= 0.3 is 5.97 Å². The summed E-state index contributed by atoms with van der Waals surface area (Å²) in [5.74, 6) is -1.07. The topological polar surface area (TPSA) is 89.8 Å². The highest BCUT2D eigenvalue weighted by Crippen LogP contribution is 2.31. The van der Waals surface area contributed by atoms with Crippen molar-refractivity contribution >= 4 is 23.3 Å². The Bertz CT molecular complexity index is 893. The van der Waals surface area contributed by atoms with E-state index < -0.39 is 17.5 Å². The van der Waals surface area contributed by atoms with Gasteiger partial charge in [-0.05, 0) is 38.0 Å². The van der Waals surface area contributed by atoms with Crippen molar-refractivity contribution in [1.82, 2.24) is 0 Å². The van der Waals surface area contributed by atoms with Crippen molar-refractivity contribution in [2.24, 2.45) is 0 Å². The van der Waals surface area contributed by atoms with Gasteiger partial charge in [0.1, 0.15) is 0 Å². The molecule has 1 atom stereocenters. The van der Waals surface area contributed by atoms with Gasteiger partial charge in [-0.25, -0.2) is 4.79 Å². The van der Waals surface area contributed by atoms with Gasteiger partial charge < -0.3 is 9.64 Å². The normalized spacial score (nSPS) is 15.5. The molecular formula is C19H18N2O5. The van der Waals surface area contributed by atoms with Gasteiger partial charge in [0, 0.05) is 23.4 Å². The van der Waals surface area contributed by atoms with E-state index >= 15 is 0 Å². The average molecular weight is 354 g/mol. The minimum Gasteiger partial charge on any atom is -0.452 e. The number of carbonyl (C=O) groups is 2. The van der Waals surface area contributed by atoms with Gasteiger partial charge in [0.25, 0.3) is 11.6 Å². The molecule has 1 heterocycles. The number of rotatable bonds is 4. The van der Waals surface area contributed by atoms with Gasteiger partial charge in [-0.1, -0.05) is 24.3 Å². The number of ether oxygens (including phenoxy) is 1. The second-order valence-electron chi connectivity index (χ2n) is 6.23. The van der Waals surface area contributed by atoms with E-state index in [-0.39, 0.29) is 28.8 Å². The third-order valence-corrected chi connectivity index (χ3v) is 4.52. The average Bonchev–Trinajstić information content (AvgIpc) is 2.95. The molecule has 1 aliphatic heterocycles. The van der Waals surface area contributed by atoms with Crippen LogP contribution in [0, 0.1) is 17.0 Å². The van der Waals surface area contributed by atoms with Crippen LogP contribution < -0.4 is 4.90 Å². The van der Waals surface area contributed by atoms with Crippen molar-refractivity contribution < 1.29 is 19.2 Å². The van der Waals surface area contributed by atoms with Gasteiger partial charge in [0.15, 0.2) is 6.61 Å². The Labute approximate surface area is 150 Å². The summed E-state index contributed by atoms with van der Waals surface area (Å²) in [6.45, 7) is 3.00. The van der Waals surface area contributed by atoms with E-state index in [1.807, 2.05) is 31.2 Å². The van der Waals surface area contributed by atoms with E-state index in [1.165, 1.54) is 25.1 Å². The van der Waals surface area contributed by atoms with Crippen LogP contribution in [-0.2, 0) is 16.0 Å². The molecule has 0 fully saturated rings. The standard InChI is InChI=1S/C19H18N2O5/c1-12-10-14-6-3-4-8-17(14)20(12)18(22)11-26-19(23)15-7-5-9-16(13(15)2)21(24)25/h3-9,12H,10-11H2,1-2H3/t12-/m0/s1. The Hall–Kier alpha value is -3.22. The summed E-state index contributed by atoms with van der Waals surface area (Å²) >= 11 is 0. The van der Waals surface area contributed by atoms with E-state index in [1.54, 1.807) is 4.90 Å². The van der Waals surface area contributed by atoms with Crippen LogP contribution in [-0.4, -0.2) is 29.4 Å². The van der Waals surface area contributed by atoms with Gasteiger partial charge in [0.05, 0.1) is 10.5 Å². The first-order valence-corrected chi connectivity index (χ1v) is 8.21. The van der Waals surface area contributed by atoms with Crippen LogP contribution in [0.4, 0.5) is 11.4 Å². The third-order valence-electron chi connectivity index (χ3n) is 4.52. The lowest BCUT2D eigenvalue weighted by Gasteiger charge is -2.22. The molecule has 7 heteroatoms. The first-order chi connectivity index (χ1) is 12.4. The van der Waals surface area contributed by atoms with Crippen molar-refractivity contribution in [2.75, 3.05) is 11.5 Å². The van der Waals surface area contributed by atoms with Gasteiger partial charge in [-0.2, -0.15) is 0 Å². The predicted octanol–water partition coefficient (Wildman–Crippen LogP) is 3.04. The second kappa shape index (κ2) is 6.95. The number of esters is 1. The Kier molecular flexibility index (Phi) is 4.71. The number of hydrogen-bond donors (Lipinski definition) is 0. The minimum absolute atomic E-state index is 0.0156. The summed E-state index contributed by atoms with van der Waals surface area (Å²) in [5.41, 5.74) is 2.05. The van der Waals surface area contributed by atoms with Crippen LogP contribution in [0.1, 0.15) is 28.4 Å². The monoisotopic (exact) mass is 354 g/mol. The van der Waals surface area contributed by atoms with Gasteiger partial charge in [-0.3, -0.25) is 14.9 Å². The molecule has 0 bridgehead atoms.